The van der Waals surface area contributed by atoms with E-state index in [0.717, 1.165) is 0 Å². The lowest BCUT2D eigenvalue weighted by Crippen LogP contribution is -2.44. The van der Waals surface area contributed by atoms with Crippen molar-refractivity contribution in [2.24, 2.45) is 0 Å². The van der Waals surface area contributed by atoms with Gasteiger partial charge in [-0.15, -0.1) is 6.58 Å². The van der Waals surface area contributed by atoms with Gasteiger partial charge in [0.15, 0.2) is 0 Å². The van der Waals surface area contributed by atoms with Crippen LogP contribution in [0.1, 0.15) is 0 Å². The van der Waals surface area contributed by atoms with Crippen LogP contribution in [-0.4, -0.2) is 8.80 Å². The minimum Gasteiger partial charge on any atom is -0.106 e. The second-order valence-electron chi connectivity index (χ2n) is 3.71. The van der Waals surface area contributed by atoms with Crippen LogP contribution < -0.4 is 10.4 Å². The Morgan fingerprint density at radius 1 is 0.875 bits per heavy atom. The maximum Gasteiger partial charge on any atom is 0.149 e. The third-order valence-corrected chi connectivity index (χ3v) is 6.73. The lowest BCUT2D eigenvalue weighted by molar-refractivity contribution is 1.43. The smallest absolute Gasteiger partial charge is 0.106 e. The zero-order chi connectivity index (χ0) is 11.0. The van der Waals surface area contributed by atoms with Crippen LogP contribution in [0.3, 0.4) is 0 Å². The van der Waals surface area contributed by atoms with Crippen LogP contribution in [0.2, 0.25) is 0 Å². The van der Waals surface area contributed by atoms with Gasteiger partial charge in [-0.2, -0.15) is 0 Å². The topological polar surface area (TPSA) is 0 Å². The number of fused-ring (bicyclic) bond motifs is 2. The molecule has 1 radical (unpaired) electrons. The average Bonchev–Trinajstić information content (AvgIpc) is 2.36. The molecule has 0 amide bonds. The molecular formula is C14H11SSi. The summed E-state index contributed by atoms with van der Waals surface area (Å²) in [5.74, 6) is 0. The van der Waals surface area contributed by atoms with Crippen molar-refractivity contribution in [2.45, 2.75) is 9.79 Å². The largest absolute Gasteiger partial charge is 0.149 e. The van der Waals surface area contributed by atoms with Crippen LogP contribution in [-0.2, 0) is 0 Å². The van der Waals surface area contributed by atoms with E-state index in [1.54, 1.807) is 0 Å². The first kappa shape index (κ1) is 9.94. The standard InChI is InChI=1S/C14H11SSi/c1-2-16-13-9-5-3-7-11(13)15-12-8-4-6-10-14(12)16/h2-10H,1H2. The van der Waals surface area contributed by atoms with Crippen molar-refractivity contribution in [1.29, 1.82) is 0 Å². The molecule has 77 valence electrons. The first-order valence-corrected chi connectivity index (χ1v) is 7.65. The molecule has 0 saturated carbocycles. The van der Waals surface area contributed by atoms with Crippen LogP contribution in [0.5, 0.6) is 0 Å². The molecule has 2 aromatic carbocycles. The molecule has 0 atom stereocenters. The van der Waals surface area contributed by atoms with Gasteiger partial charge in [0.1, 0.15) is 8.80 Å². The molecule has 2 aromatic rings. The molecule has 2 heteroatoms. The zero-order valence-electron chi connectivity index (χ0n) is 8.81. The molecule has 0 aromatic heterocycles. The summed E-state index contributed by atoms with van der Waals surface area (Å²) in [7, 11) is -0.758. The summed E-state index contributed by atoms with van der Waals surface area (Å²) in [6.45, 7) is 4.02. The van der Waals surface area contributed by atoms with E-state index in [1.165, 1.54) is 20.2 Å². The highest BCUT2D eigenvalue weighted by molar-refractivity contribution is 8.00. The maximum absolute atomic E-state index is 4.02. The lowest BCUT2D eigenvalue weighted by Gasteiger charge is -2.23. The van der Waals surface area contributed by atoms with Crippen LogP contribution >= 0.6 is 11.8 Å². The highest BCUT2D eigenvalue weighted by atomic mass is 32.2. The first-order valence-electron chi connectivity index (χ1n) is 5.26. The summed E-state index contributed by atoms with van der Waals surface area (Å²) >= 11 is 1.88. The predicted octanol–water partition coefficient (Wildman–Crippen LogP) is 2.49. The van der Waals surface area contributed by atoms with Crippen LogP contribution in [0.25, 0.3) is 0 Å². The molecule has 0 aliphatic carbocycles. The third kappa shape index (κ3) is 1.46. The van der Waals surface area contributed by atoms with E-state index in [-0.39, 0.29) is 0 Å². The normalized spacial score (nSPS) is 14.0. The Labute approximate surface area is 102 Å². The van der Waals surface area contributed by atoms with Crippen molar-refractivity contribution in [3.05, 3.63) is 60.8 Å². The molecule has 0 unspecified atom stereocenters. The van der Waals surface area contributed by atoms with E-state index in [0.29, 0.717) is 0 Å². The number of hydrogen-bond donors (Lipinski definition) is 0. The summed E-state index contributed by atoms with van der Waals surface area (Å²) < 4.78 is 0. The van der Waals surface area contributed by atoms with Crippen molar-refractivity contribution in [3.63, 3.8) is 0 Å². The van der Waals surface area contributed by atoms with Gasteiger partial charge >= 0.3 is 0 Å². The average molecular weight is 239 g/mol. The summed E-state index contributed by atoms with van der Waals surface area (Å²) in [5, 5.41) is 2.96. The van der Waals surface area contributed by atoms with Crippen molar-refractivity contribution >= 4 is 30.9 Å². The quantitative estimate of drug-likeness (QED) is 0.689. The van der Waals surface area contributed by atoms with E-state index in [2.05, 4.69) is 60.8 Å². The minimum atomic E-state index is -0.758. The summed E-state index contributed by atoms with van der Waals surface area (Å²) in [6, 6.07) is 17.4. The Balaban J connectivity index is 2.23. The van der Waals surface area contributed by atoms with Crippen LogP contribution in [0.15, 0.2) is 70.6 Å². The third-order valence-electron chi connectivity index (χ3n) is 2.78. The summed E-state index contributed by atoms with van der Waals surface area (Å²) in [6.07, 6.45) is 0. The Hall–Kier alpha value is -1.25. The van der Waals surface area contributed by atoms with Crippen LogP contribution in [0.4, 0.5) is 0 Å². The minimum absolute atomic E-state index is 0.758. The molecule has 0 fully saturated rings. The molecule has 16 heavy (non-hydrogen) atoms. The van der Waals surface area contributed by atoms with Gasteiger partial charge in [0.05, 0.1) is 0 Å². The Bertz CT molecular complexity index is 502. The monoisotopic (exact) mass is 239 g/mol. The molecular weight excluding hydrogens is 228 g/mol. The maximum atomic E-state index is 4.02. The number of hydrogen-bond acceptors (Lipinski definition) is 1. The molecule has 3 rings (SSSR count). The highest BCUT2D eigenvalue weighted by Crippen LogP contribution is 2.29. The number of benzene rings is 2. The fourth-order valence-electron chi connectivity index (χ4n) is 2.04. The molecule has 0 N–H and O–H groups in total. The van der Waals surface area contributed by atoms with E-state index in [1.807, 2.05) is 11.8 Å². The lowest BCUT2D eigenvalue weighted by atomic mass is 10.3. The van der Waals surface area contributed by atoms with Gasteiger partial charge in [-0.25, -0.2) is 0 Å². The molecule has 0 nitrogen and oxygen atoms in total. The Kier molecular flexibility index (Phi) is 2.46. The zero-order valence-corrected chi connectivity index (χ0v) is 10.6. The molecule has 0 spiro atoms. The summed E-state index contributed by atoms with van der Waals surface area (Å²) in [4.78, 5) is 2.80. The van der Waals surface area contributed by atoms with Crippen molar-refractivity contribution in [3.8, 4) is 0 Å². The van der Waals surface area contributed by atoms with Gasteiger partial charge in [0, 0.05) is 9.79 Å². The fraction of sp³-hybridized carbons (Fsp3) is 0. The van der Waals surface area contributed by atoms with Gasteiger partial charge in [0.2, 0.25) is 0 Å². The second-order valence-corrected chi connectivity index (χ2v) is 7.11. The van der Waals surface area contributed by atoms with Gasteiger partial charge < -0.3 is 0 Å². The van der Waals surface area contributed by atoms with E-state index in [9.17, 15) is 0 Å². The van der Waals surface area contributed by atoms with E-state index < -0.39 is 8.80 Å². The molecule has 1 aliphatic heterocycles. The van der Waals surface area contributed by atoms with E-state index in [4.69, 9.17) is 0 Å². The molecule has 0 saturated heterocycles. The van der Waals surface area contributed by atoms with Gasteiger partial charge in [0.25, 0.3) is 0 Å². The predicted molar refractivity (Wildman–Crippen MR) is 72.2 cm³/mol. The molecule has 0 bridgehead atoms. The van der Waals surface area contributed by atoms with Crippen molar-refractivity contribution in [2.75, 3.05) is 0 Å². The van der Waals surface area contributed by atoms with Gasteiger partial charge in [-0.1, -0.05) is 53.9 Å². The summed E-state index contributed by atoms with van der Waals surface area (Å²) in [5.41, 5.74) is 2.14. The highest BCUT2D eigenvalue weighted by Gasteiger charge is 2.24. The Morgan fingerprint density at radius 2 is 1.38 bits per heavy atom. The first-order chi connectivity index (χ1) is 7.90. The van der Waals surface area contributed by atoms with E-state index >= 15 is 0 Å². The SMILES string of the molecule is C=C[Si]1c2ccccc2Sc2ccccc21. The number of rotatable bonds is 1. The fourth-order valence-corrected chi connectivity index (χ4v) is 5.87. The van der Waals surface area contributed by atoms with Gasteiger partial charge in [-0.3, -0.25) is 0 Å². The Morgan fingerprint density at radius 3 is 1.88 bits per heavy atom. The van der Waals surface area contributed by atoms with Crippen molar-refractivity contribution in [1.82, 2.24) is 0 Å². The van der Waals surface area contributed by atoms with Gasteiger partial charge in [-0.05, 0) is 22.5 Å². The molecule has 1 heterocycles. The second kappa shape index (κ2) is 3.96. The molecule has 1 aliphatic rings. The van der Waals surface area contributed by atoms with Crippen molar-refractivity contribution < 1.29 is 0 Å². The van der Waals surface area contributed by atoms with Crippen LogP contribution in [0, 0.1) is 0 Å².